The van der Waals surface area contributed by atoms with Crippen LogP contribution in [0.25, 0.3) is 0 Å². The Bertz CT molecular complexity index is 351. The third kappa shape index (κ3) is 4.88. The Morgan fingerprint density at radius 1 is 1.22 bits per heavy atom. The first kappa shape index (κ1) is 16.0. The molecule has 0 saturated heterocycles. The summed E-state index contributed by atoms with van der Waals surface area (Å²) in [6.45, 7) is 5.21. The highest BCUT2D eigenvalue weighted by Gasteiger charge is 2.28. The standard InChI is InChI=1S/C14H21Br2NO/c1-3-5-14(10-15,6-4-2)11-18-13-7-12(16)8-17-9-13/h7-9H,3-6,10-11H2,1-2H3. The predicted octanol–water partition coefficient (Wildman–Crippen LogP) is 5.20. The van der Waals surface area contributed by atoms with Crippen molar-refractivity contribution in [2.75, 3.05) is 11.9 Å². The second kappa shape index (κ2) is 8.16. The van der Waals surface area contributed by atoms with E-state index in [-0.39, 0.29) is 5.41 Å². The Morgan fingerprint density at radius 2 is 1.89 bits per heavy atom. The van der Waals surface area contributed by atoms with Crippen LogP contribution in [0, 0.1) is 5.41 Å². The van der Waals surface area contributed by atoms with Crippen LogP contribution in [0.2, 0.25) is 0 Å². The van der Waals surface area contributed by atoms with Gasteiger partial charge in [0.15, 0.2) is 0 Å². The summed E-state index contributed by atoms with van der Waals surface area (Å²) in [5.74, 6) is 0.835. The van der Waals surface area contributed by atoms with Gasteiger partial charge in [-0.25, -0.2) is 0 Å². The lowest BCUT2D eigenvalue weighted by molar-refractivity contribution is 0.144. The van der Waals surface area contributed by atoms with Gasteiger partial charge >= 0.3 is 0 Å². The molecule has 0 unspecified atom stereocenters. The quantitative estimate of drug-likeness (QED) is 0.579. The molecule has 4 heteroatoms. The molecule has 1 heterocycles. The Kier molecular flexibility index (Phi) is 7.23. The van der Waals surface area contributed by atoms with E-state index in [0.29, 0.717) is 0 Å². The van der Waals surface area contributed by atoms with E-state index in [1.54, 1.807) is 12.4 Å². The Labute approximate surface area is 127 Å². The fourth-order valence-corrected chi connectivity index (χ4v) is 3.28. The van der Waals surface area contributed by atoms with E-state index in [1.807, 2.05) is 6.07 Å². The van der Waals surface area contributed by atoms with Gasteiger partial charge in [0.05, 0.1) is 12.8 Å². The molecule has 0 amide bonds. The zero-order chi connectivity index (χ0) is 13.4. The SMILES string of the molecule is CCCC(CBr)(CCC)COc1cncc(Br)c1. The number of alkyl halides is 1. The number of aromatic nitrogens is 1. The zero-order valence-corrected chi connectivity index (χ0v) is 14.3. The molecule has 102 valence electrons. The van der Waals surface area contributed by atoms with Crippen molar-refractivity contribution in [3.05, 3.63) is 22.9 Å². The largest absolute Gasteiger partial charge is 0.491 e. The first-order chi connectivity index (χ1) is 8.65. The number of ether oxygens (including phenoxy) is 1. The Hall–Kier alpha value is -0.0900. The van der Waals surface area contributed by atoms with Crippen molar-refractivity contribution in [2.24, 2.45) is 5.41 Å². The molecule has 0 fully saturated rings. The van der Waals surface area contributed by atoms with Gasteiger partial charge in [0, 0.05) is 21.4 Å². The highest BCUT2D eigenvalue weighted by Crippen LogP contribution is 2.33. The lowest BCUT2D eigenvalue weighted by Gasteiger charge is -2.31. The van der Waals surface area contributed by atoms with Crippen molar-refractivity contribution in [1.82, 2.24) is 4.98 Å². The number of hydrogen-bond donors (Lipinski definition) is 0. The lowest BCUT2D eigenvalue weighted by Crippen LogP contribution is -2.30. The molecular weight excluding hydrogens is 358 g/mol. The minimum atomic E-state index is 0.242. The van der Waals surface area contributed by atoms with Crippen LogP contribution in [-0.2, 0) is 0 Å². The molecule has 1 aromatic heterocycles. The van der Waals surface area contributed by atoms with Crippen LogP contribution in [0.15, 0.2) is 22.9 Å². The van der Waals surface area contributed by atoms with Gasteiger partial charge in [-0.3, -0.25) is 4.98 Å². The van der Waals surface area contributed by atoms with Crippen LogP contribution in [0.5, 0.6) is 5.75 Å². The lowest BCUT2D eigenvalue weighted by atomic mass is 9.82. The van der Waals surface area contributed by atoms with E-state index in [1.165, 1.54) is 25.7 Å². The number of hydrogen-bond acceptors (Lipinski definition) is 2. The van der Waals surface area contributed by atoms with Crippen LogP contribution in [0.1, 0.15) is 39.5 Å². The molecule has 0 atom stereocenters. The molecule has 0 aliphatic carbocycles. The smallest absolute Gasteiger partial charge is 0.138 e. The summed E-state index contributed by atoms with van der Waals surface area (Å²) in [4.78, 5) is 4.12. The summed E-state index contributed by atoms with van der Waals surface area (Å²) in [7, 11) is 0. The highest BCUT2D eigenvalue weighted by molar-refractivity contribution is 9.10. The first-order valence-electron chi connectivity index (χ1n) is 6.45. The highest BCUT2D eigenvalue weighted by atomic mass is 79.9. The van der Waals surface area contributed by atoms with Gasteiger partial charge in [-0.05, 0) is 34.8 Å². The normalized spacial score (nSPS) is 11.6. The number of pyridine rings is 1. The van der Waals surface area contributed by atoms with Gasteiger partial charge in [-0.15, -0.1) is 0 Å². The van der Waals surface area contributed by atoms with Crippen molar-refractivity contribution in [2.45, 2.75) is 39.5 Å². The van der Waals surface area contributed by atoms with Gasteiger partial charge in [0.2, 0.25) is 0 Å². The first-order valence-corrected chi connectivity index (χ1v) is 8.36. The average molecular weight is 379 g/mol. The van der Waals surface area contributed by atoms with Crippen LogP contribution >= 0.6 is 31.9 Å². The number of nitrogens with zero attached hydrogens (tertiary/aromatic N) is 1. The van der Waals surface area contributed by atoms with E-state index >= 15 is 0 Å². The molecule has 0 spiro atoms. The van der Waals surface area contributed by atoms with Crippen LogP contribution in [-0.4, -0.2) is 16.9 Å². The minimum Gasteiger partial charge on any atom is -0.491 e. The maximum absolute atomic E-state index is 5.93. The molecule has 18 heavy (non-hydrogen) atoms. The maximum atomic E-state index is 5.93. The monoisotopic (exact) mass is 377 g/mol. The fourth-order valence-electron chi connectivity index (χ4n) is 2.21. The molecule has 0 aliphatic heterocycles. The summed E-state index contributed by atoms with van der Waals surface area (Å²) in [6, 6.07) is 1.96. The predicted molar refractivity (Wildman–Crippen MR) is 83.5 cm³/mol. The van der Waals surface area contributed by atoms with E-state index in [9.17, 15) is 0 Å². The molecule has 0 N–H and O–H groups in total. The Morgan fingerprint density at radius 3 is 2.39 bits per heavy atom. The van der Waals surface area contributed by atoms with Crippen molar-refractivity contribution in [3.8, 4) is 5.75 Å². The van der Waals surface area contributed by atoms with Gasteiger partial charge in [-0.1, -0.05) is 42.6 Å². The van der Waals surface area contributed by atoms with Gasteiger partial charge in [0.1, 0.15) is 5.75 Å². The van der Waals surface area contributed by atoms with Gasteiger partial charge < -0.3 is 4.74 Å². The molecular formula is C14H21Br2NO. The van der Waals surface area contributed by atoms with Crippen molar-refractivity contribution in [1.29, 1.82) is 0 Å². The van der Waals surface area contributed by atoms with Crippen LogP contribution in [0.3, 0.4) is 0 Å². The average Bonchev–Trinajstić information content (AvgIpc) is 2.37. The summed E-state index contributed by atoms with van der Waals surface area (Å²) in [5.41, 5.74) is 0.242. The molecule has 1 rings (SSSR count). The van der Waals surface area contributed by atoms with Gasteiger partial charge in [-0.2, -0.15) is 0 Å². The van der Waals surface area contributed by atoms with Crippen molar-refractivity contribution in [3.63, 3.8) is 0 Å². The summed E-state index contributed by atoms with van der Waals surface area (Å²) in [6.07, 6.45) is 8.28. The van der Waals surface area contributed by atoms with Gasteiger partial charge in [0.25, 0.3) is 0 Å². The molecule has 0 aliphatic rings. The van der Waals surface area contributed by atoms with Crippen molar-refractivity contribution < 1.29 is 4.74 Å². The molecule has 0 bridgehead atoms. The van der Waals surface area contributed by atoms with E-state index in [2.05, 4.69) is 50.7 Å². The second-order valence-electron chi connectivity index (χ2n) is 4.76. The Balaban J connectivity index is 2.66. The summed E-state index contributed by atoms with van der Waals surface area (Å²) >= 11 is 7.07. The third-order valence-corrected chi connectivity index (χ3v) is 4.69. The third-order valence-electron chi connectivity index (χ3n) is 3.07. The van der Waals surface area contributed by atoms with E-state index in [4.69, 9.17) is 4.74 Å². The topological polar surface area (TPSA) is 22.1 Å². The summed E-state index contributed by atoms with van der Waals surface area (Å²) in [5, 5.41) is 0.989. The van der Waals surface area contributed by atoms with Crippen molar-refractivity contribution >= 4 is 31.9 Å². The second-order valence-corrected chi connectivity index (χ2v) is 6.24. The minimum absolute atomic E-state index is 0.242. The summed E-state index contributed by atoms with van der Waals surface area (Å²) < 4.78 is 6.88. The maximum Gasteiger partial charge on any atom is 0.138 e. The molecule has 1 aromatic rings. The van der Waals surface area contributed by atoms with E-state index < -0.39 is 0 Å². The number of rotatable bonds is 8. The van der Waals surface area contributed by atoms with E-state index in [0.717, 1.165) is 22.2 Å². The molecule has 0 aromatic carbocycles. The fraction of sp³-hybridized carbons (Fsp3) is 0.643. The molecule has 0 saturated carbocycles. The number of halogens is 2. The van der Waals surface area contributed by atoms with Crippen LogP contribution in [0.4, 0.5) is 0 Å². The molecule has 2 nitrogen and oxygen atoms in total. The van der Waals surface area contributed by atoms with Crippen LogP contribution < -0.4 is 4.74 Å². The zero-order valence-electron chi connectivity index (χ0n) is 11.1. The molecule has 0 radical (unpaired) electrons.